The van der Waals surface area contributed by atoms with Crippen LogP contribution in [0.2, 0.25) is 0 Å². The van der Waals surface area contributed by atoms with Gasteiger partial charge in [-0.2, -0.15) is 0 Å². The van der Waals surface area contributed by atoms with Crippen molar-refractivity contribution in [1.29, 1.82) is 0 Å². The third-order valence-electron chi connectivity index (χ3n) is 4.12. The summed E-state index contributed by atoms with van der Waals surface area (Å²) in [6.07, 6.45) is 4.01. The molecule has 1 aromatic carbocycles. The second kappa shape index (κ2) is 6.84. The van der Waals surface area contributed by atoms with Crippen LogP contribution in [0.25, 0.3) is 0 Å². The van der Waals surface area contributed by atoms with E-state index in [2.05, 4.69) is 6.92 Å². The highest BCUT2D eigenvalue weighted by atomic mass is 32.1. The van der Waals surface area contributed by atoms with E-state index in [9.17, 15) is 4.79 Å². The lowest BCUT2D eigenvalue weighted by Crippen LogP contribution is -2.29. The van der Waals surface area contributed by atoms with Gasteiger partial charge in [-0.05, 0) is 24.3 Å². The highest BCUT2D eigenvalue weighted by Crippen LogP contribution is 2.22. The molecule has 0 radical (unpaired) electrons. The van der Waals surface area contributed by atoms with Crippen LogP contribution in [0.4, 0.5) is 0 Å². The fraction of sp³-hybridized carbons (Fsp3) is 0.500. The molecule has 1 amide bonds. The number of nitrogens with two attached hydrogens (primary N) is 1. The third kappa shape index (κ3) is 3.79. The normalized spacial score (nSPS) is 19.8. The first-order chi connectivity index (χ1) is 9.60. The third-order valence-corrected chi connectivity index (χ3v) is 4.35. The highest BCUT2D eigenvalue weighted by Gasteiger charge is 2.21. The SMILES string of the molecule is CCC1CCC(=O)N(Cc2ccc(C(N)=S)cc2)CC1. The Bertz CT molecular complexity index is 484. The second-order valence-corrected chi connectivity index (χ2v) is 5.92. The lowest BCUT2D eigenvalue weighted by atomic mass is 9.98. The van der Waals surface area contributed by atoms with Crippen molar-refractivity contribution >= 4 is 23.1 Å². The molecular formula is C16H22N2OS. The lowest BCUT2D eigenvalue weighted by Gasteiger charge is -2.21. The molecule has 1 fully saturated rings. The van der Waals surface area contributed by atoms with E-state index in [1.807, 2.05) is 29.2 Å². The van der Waals surface area contributed by atoms with Crippen LogP contribution in [0.5, 0.6) is 0 Å². The summed E-state index contributed by atoms with van der Waals surface area (Å²) >= 11 is 4.94. The Labute approximate surface area is 126 Å². The maximum absolute atomic E-state index is 12.1. The predicted octanol–water partition coefficient (Wildman–Crippen LogP) is 2.86. The number of rotatable bonds is 4. The Morgan fingerprint density at radius 3 is 2.65 bits per heavy atom. The van der Waals surface area contributed by atoms with Crippen molar-refractivity contribution in [3.8, 4) is 0 Å². The van der Waals surface area contributed by atoms with Crippen molar-refractivity contribution in [1.82, 2.24) is 4.90 Å². The molecule has 1 atom stereocenters. The first-order valence-electron chi connectivity index (χ1n) is 7.26. The van der Waals surface area contributed by atoms with Crippen LogP contribution in [-0.2, 0) is 11.3 Å². The van der Waals surface area contributed by atoms with Gasteiger partial charge in [0.2, 0.25) is 5.91 Å². The van der Waals surface area contributed by atoms with Gasteiger partial charge in [0.15, 0.2) is 0 Å². The van der Waals surface area contributed by atoms with Crippen molar-refractivity contribution in [2.24, 2.45) is 11.7 Å². The van der Waals surface area contributed by atoms with Crippen molar-refractivity contribution in [3.63, 3.8) is 0 Å². The van der Waals surface area contributed by atoms with Crippen LogP contribution >= 0.6 is 12.2 Å². The zero-order chi connectivity index (χ0) is 14.5. The summed E-state index contributed by atoms with van der Waals surface area (Å²) in [6, 6.07) is 7.86. The van der Waals surface area contributed by atoms with E-state index in [0.29, 0.717) is 23.9 Å². The van der Waals surface area contributed by atoms with E-state index in [4.69, 9.17) is 18.0 Å². The lowest BCUT2D eigenvalue weighted by molar-refractivity contribution is -0.131. The number of carbonyl (C=O) groups is 1. The standard InChI is InChI=1S/C16H22N2OS/c1-2-12-5-8-15(19)18(10-9-12)11-13-3-6-14(7-4-13)16(17)20/h3-4,6-7,12H,2,5,8-11H2,1H3,(H2,17,20). The van der Waals surface area contributed by atoms with Gasteiger partial charge in [-0.25, -0.2) is 0 Å². The fourth-order valence-electron chi connectivity index (χ4n) is 2.66. The molecule has 0 aromatic heterocycles. The maximum atomic E-state index is 12.1. The van der Waals surface area contributed by atoms with Gasteiger partial charge < -0.3 is 10.6 Å². The topological polar surface area (TPSA) is 46.3 Å². The Hall–Kier alpha value is -1.42. The minimum absolute atomic E-state index is 0.277. The van der Waals surface area contributed by atoms with Crippen LogP contribution in [0, 0.1) is 5.92 Å². The highest BCUT2D eigenvalue weighted by molar-refractivity contribution is 7.80. The average molecular weight is 290 g/mol. The first kappa shape index (κ1) is 15.0. The molecule has 1 aromatic rings. The maximum Gasteiger partial charge on any atom is 0.222 e. The quantitative estimate of drug-likeness (QED) is 0.867. The Morgan fingerprint density at radius 1 is 1.35 bits per heavy atom. The molecule has 20 heavy (non-hydrogen) atoms. The number of carbonyl (C=O) groups excluding carboxylic acids is 1. The summed E-state index contributed by atoms with van der Waals surface area (Å²) in [5.41, 5.74) is 7.59. The number of amides is 1. The number of hydrogen-bond acceptors (Lipinski definition) is 2. The first-order valence-corrected chi connectivity index (χ1v) is 7.67. The summed E-state index contributed by atoms with van der Waals surface area (Å²) in [7, 11) is 0. The van der Waals surface area contributed by atoms with Crippen molar-refractivity contribution in [2.45, 2.75) is 39.2 Å². The van der Waals surface area contributed by atoms with Crippen molar-refractivity contribution < 1.29 is 4.79 Å². The molecule has 4 heteroatoms. The molecule has 3 nitrogen and oxygen atoms in total. The molecule has 2 N–H and O–H groups in total. The van der Waals surface area contributed by atoms with Crippen LogP contribution in [0.15, 0.2) is 24.3 Å². The number of nitrogens with zero attached hydrogens (tertiary/aromatic N) is 1. The number of likely N-dealkylation sites (tertiary alicyclic amines) is 1. The zero-order valence-corrected chi connectivity index (χ0v) is 12.8. The Morgan fingerprint density at radius 2 is 2.05 bits per heavy atom. The molecular weight excluding hydrogens is 268 g/mol. The fourth-order valence-corrected chi connectivity index (χ4v) is 2.80. The molecule has 1 aliphatic rings. The van der Waals surface area contributed by atoms with E-state index < -0.39 is 0 Å². The number of hydrogen-bond donors (Lipinski definition) is 1. The van der Waals surface area contributed by atoms with Crippen LogP contribution in [0.3, 0.4) is 0 Å². The number of thiocarbonyl (C=S) groups is 1. The second-order valence-electron chi connectivity index (χ2n) is 5.48. The van der Waals surface area contributed by atoms with Gasteiger partial charge >= 0.3 is 0 Å². The van der Waals surface area contributed by atoms with Crippen LogP contribution in [0.1, 0.15) is 43.7 Å². The van der Waals surface area contributed by atoms with Gasteiger partial charge in [0.1, 0.15) is 4.99 Å². The number of benzene rings is 1. The van der Waals surface area contributed by atoms with Crippen LogP contribution in [-0.4, -0.2) is 22.3 Å². The van der Waals surface area contributed by atoms with E-state index in [-0.39, 0.29) is 5.91 Å². The molecule has 0 saturated carbocycles. The molecule has 1 unspecified atom stereocenters. The summed E-state index contributed by atoms with van der Waals surface area (Å²) in [5.74, 6) is 0.973. The molecule has 0 spiro atoms. The summed E-state index contributed by atoms with van der Waals surface area (Å²) in [4.78, 5) is 14.5. The monoisotopic (exact) mass is 290 g/mol. The molecule has 1 saturated heterocycles. The van der Waals surface area contributed by atoms with Gasteiger partial charge in [0.05, 0.1) is 0 Å². The average Bonchev–Trinajstić information content (AvgIpc) is 2.62. The van der Waals surface area contributed by atoms with Crippen molar-refractivity contribution in [3.05, 3.63) is 35.4 Å². The molecule has 108 valence electrons. The molecule has 0 aliphatic carbocycles. The summed E-state index contributed by atoms with van der Waals surface area (Å²) < 4.78 is 0. The molecule has 2 rings (SSSR count). The summed E-state index contributed by atoms with van der Waals surface area (Å²) in [6.45, 7) is 3.76. The smallest absolute Gasteiger partial charge is 0.222 e. The van der Waals surface area contributed by atoms with Crippen molar-refractivity contribution in [2.75, 3.05) is 6.54 Å². The molecule has 1 aliphatic heterocycles. The molecule has 1 heterocycles. The Kier molecular flexibility index (Phi) is 5.12. The van der Waals surface area contributed by atoms with E-state index in [0.717, 1.165) is 30.5 Å². The van der Waals surface area contributed by atoms with E-state index >= 15 is 0 Å². The van der Waals surface area contributed by atoms with Gasteiger partial charge in [-0.15, -0.1) is 0 Å². The van der Waals surface area contributed by atoms with Gasteiger partial charge in [0, 0.05) is 25.1 Å². The summed E-state index contributed by atoms with van der Waals surface area (Å²) in [5, 5.41) is 0. The van der Waals surface area contributed by atoms with Gasteiger partial charge in [-0.1, -0.05) is 49.8 Å². The minimum Gasteiger partial charge on any atom is -0.389 e. The minimum atomic E-state index is 0.277. The van der Waals surface area contributed by atoms with Gasteiger partial charge in [-0.3, -0.25) is 4.79 Å². The van der Waals surface area contributed by atoms with Gasteiger partial charge in [0.25, 0.3) is 0 Å². The van der Waals surface area contributed by atoms with Crippen LogP contribution < -0.4 is 5.73 Å². The van der Waals surface area contributed by atoms with E-state index in [1.54, 1.807) is 0 Å². The molecule has 0 bridgehead atoms. The zero-order valence-electron chi connectivity index (χ0n) is 12.0. The predicted molar refractivity (Wildman–Crippen MR) is 85.4 cm³/mol. The largest absolute Gasteiger partial charge is 0.389 e. The van der Waals surface area contributed by atoms with E-state index in [1.165, 1.54) is 6.42 Å². The Balaban J connectivity index is 2.01.